The Morgan fingerprint density at radius 3 is 2.57 bits per heavy atom. The van der Waals surface area contributed by atoms with E-state index in [-0.39, 0.29) is 11.8 Å². The summed E-state index contributed by atoms with van der Waals surface area (Å²) < 4.78 is 6.47. The number of carbonyl (C=O) groups is 1. The summed E-state index contributed by atoms with van der Waals surface area (Å²) in [6.07, 6.45) is 1.76. The Bertz CT molecular complexity index is 993. The summed E-state index contributed by atoms with van der Waals surface area (Å²) in [4.78, 5) is 24.2. The lowest BCUT2D eigenvalue weighted by molar-refractivity contribution is -0.120. The van der Waals surface area contributed by atoms with Gasteiger partial charge in [-0.15, -0.1) is 0 Å². The molecule has 1 N–H and O–H groups in total. The van der Waals surface area contributed by atoms with E-state index in [1.807, 2.05) is 48.5 Å². The van der Waals surface area contributed by atoms with Gasteiger partial charge in [-0.05, 0) is 49.2 Å². The molecule has 1 amide bonds. The number of para-hydroxylation sites is 2. The Morgan fingerprint density at radius 1 is 1.14 bits per heavy atom. The number of benzene rings is 2. The fraction of sp³-hybridized carbons (Fsp3) is 0.286. The minimum absolute atomic E-state index is 0.0275. The maximum absolute atomic E-state index is 12.8. The maximum Gasteiger partial charge on any atom is 0.257 e. The quantitative estimate of drug-likeness (QED) is 0.656. The van der Waals surface area contributed by atoms with Crippen LogP contribution < -0.4 is 15.0 Å². The second kappa shape index (κ2) is 8.14. The van der Waals surface area contributed by atoms with Gasteiger partial charge in [-0.2, -0.15) is 0 Å². The first-order valence-electron chi connectivity index (χ1n) is 9.26. The summed E-state index contributed by atoms with van der Waals surface area (Å²) in [7, 11) is 1.60. The predicted molar refractivity (Wildman–Crippen MR) is 114 cm³/mol. The van der Waals surface area contributed by atoms with E-state index in [0.717, 1.165) is 40.6 Å². The average Bonchev–Trinajstić information content (AvgIpc) is 2.74. The highest BCUT2D eigenvalue weighted by Gasteiger charge is 2.28. The molecular weight excluding hydrogens is 420 g/mol. The van der Waals surface area contributed by atoms with E-state index in [1.165, 1.54) is 0 Å². The van der Waals surface area contributed by atoms with Crippen molar-refractivity contribution in [3.05, 3.63) is 53.0 Å². The molecular formula is C21H21BrN4O2. The Kier molecular flexibility index (Phi) is 5.43. The van der Waals surface area contributed by atoms with Crippen molar-refractivity contribution >= 4 is 44.4 Å². The topological polar surface area (TPSA) is 67.4 Å². The number of halogens is 1. The Hall–Kier alpha value is -2.67. The third-order valence-electron chi connectivity index (χ3n) is 4.92. The van der Waals surface area contributed by atoms with Crippen molar-refractivity contribution in [1.82, 2.24) is 9.97 Å². The number of piperidine rings is 1. The lowest BCUT2D eigenvalue weighted by atomic mass is 9.97. The van der Waals surface area contributed by atoms with Gasteiger partial charge in [-0.25, -0.2) is 9.97 Å². The predicted octanol–water partition coefficient (Wildman–Crippen LogP) is 4.26. The van der Waals surface area contributed by atoms with E-state index in [2.05, 4.69) is 31.1 Å². The number of aromatic nitrogens is 2. The van der Waals surface area contributed by atoms with Gasteiger partial charge in [0.05, 0.1) is 24.1 Å². The second-order valence-corrected chi connectivity index (χ2v) is 7.74. The molecule has 1 saturated heterocycles. The number of fused-ring (bicyclic) bond motifs is 1. The van der Waals surface area contributed by atoms with E-state index in [0.29, 0.717) is 18.2 Å². The zero-order chi connectivity index (χ0) is 19.5. The van der Waals surface area contributed by atoms with E-state index in [4.69, 9.17) is 9.72 Å². The van der Waals surface area contributed by atoms with E-state index < -0.39 is 0 Å². The fourth-order valence-corrected chi connectivity index (χ4v) is 3.74. The Balaban J connectivity index is 1.54. The molecule has 0 radical (unpaired) electrons. The molecule has 7 heteroatoms. The maximum atomic E-state index is 12.8. The highest BCUT2D eigenvalue weighted by molar-refractivity contribution is 9.10. The SMILES string of the molecule is COc1nc2ccccc2nc1N1CCCC(C(=O)Nc2ccc(Br)cc2)C1. The van der Waals surface area contributed by atoms with E-state index in [1.54, 1.807) is 7.11 Å². The van der Waals surface area contributed by atoms with Gasteiger partial charge in [0, 0.05) is 23.2 Å². The Labute approximate surface area is 172 Å². The summed E-state index contributed by atoms with van der Waals surface area (Å²) in [6.45, 7) is 1.41. The molecule has 0 bridgehead atoms. The van der Waals surface area contributed by atoms with Gasteiger partial charge >= 0.3 is 0 Å². The van der Waals surface area contributed by atoms with Crippen molar-refractivity contribution in [1.29, 1.82) is 0 Å². The van der Waals surface area contributed by atoms with Crippen LogP contribution in [0.2, 0.25) is 0 Å². The Morgan fingerprint density at radius 2 is 1.86 bits per heavy atom. The van der Waals surface area contributed by atoms with E-state index >= 15 is 0 Å². The van der Waals surface area contributed by atoms with Gasteiger partial charge in [0.2, 0.25) is 5.91 Å². The standard InChI is InChI=1S/C21H21BrN4O2/c1-28-21-19(24-17-6-2-3-7-18(17)25-21)26-12-4-5-14(13-26)20(27)23-16-10-8-15(22)9-11-16/h2-3,6-11,14H,4-5,12-13H2,1H3,(H,23,27). The molecule has 1 unspecified atom stereocenters. The van der Waals surface area contributed by atoms with Crippen LogP contribution in [0, 0.1) is 5.92 Å². The molecule has 1 atom stereocenters. The molecule has 0 spiro atoms. The van der Waals surface area contributed by atoms with Crippen LogP contribution in [0.15, 0.2) is 53.0 Å². The van der Waals surface area contributed by atoms with Gasteiger partial charge < -0.3 is 15.0 Å². The number of amides is 1. The molecule has 2 heterocycles. The lowest BCUT2D eigenvalue weighted by Gasteiger charge is -2.33. The number of nitrogens with zero attached hydrogens (tertiary/aromatic N) is 3. The van der Waals surface area contributed by atoms with Crippen LogP contribution in [0.1, 0.15) is 12.8 Å². The van der Waals surface area contributed by atoms with Crippen LogP contribution in [-0.2, 0) is 4.79 Å². The lowest BCUT2D eigenvalue weighted by Crippen LogP contribution is -2.41. The molecule has 2 aromatic carbocycles. The average molecular weight is 441 g/mol. The highest BCUT2D eigenvalue weighted by atomic mass is 79.9. The number of methoxy groups -OCH3 is 1. The smallest absolute Gasteiger partial charge is 0.257 e. The first-order chi connectivity index (χ1) is 13.6. The number of carbonyl (C=O) groups excluding carboxylic acids is 1. The fourth-order valence-electron chi connectivity index (χ4n) is 3.48. The van der Waals surface area contributed by atoms with Crippen molar-refractivity contribution in [3.63, 3.8) is 0 Å². The molecule has 6 nitrogen and oxygen atoms in total. The van der Waals surface area contributed by atoms with Gasteiger partial charge in [-0.1, -0.05) is 28.1 Å². The molecule has 144 valence electrons. The monoisotopic (exact) mass is 440 g/mol. The number of anilines is 2. The van der Waals surface area contributed by atoms with Crippen molar-refractivity contribution in [2.75, 3.05) is 30.4 Å². The molecule has 3 aromatic rings. The number of hydrogen-bond acceptors (Lipinski definition) is 5. The van der Waals surface area contributed by atoms with Crippen LogP contribution in [-0.4, -0.2) is 36.1 Å². The van der Waals surface area contributed by atoms with Gasteiger partial charge in [0.1, 0.15) is 0 Å². The third kappa shape index (κ3) is 3.94. The van der Waals surface area contributed by atoms with Crippen LogP contribution in [0.25, 0.3) is 11.0 Å². The summed E-state index contributed by atoms with van der Waals surface area (Å²) in [5.74, 6) is 1.10. The van der Waals surface area contributed by atoms with Gasteiger partial charge in [-0.3, -0.25) is 4.79 Å². The number of ether oxygens (including phenoxy) is 1. The van der Waals surface area contributed by atoms with Crippen molar-refractivity contribution in [2.24, 2.45) is 5.92 Å². The van der Waals surface area contributed by atoms with Gasteiger partial charge in [0.25, 0.3) is 5.88 Å². The summed E-state index contributed by atoms with van der Waals surface area (Å²) in [5, 5.41) is 3.02. The largest absolute Gasteiger partial charge is 0.478 e. The summed E-state index contributed by atoms with van der Waals surface area (Å²) in [5.41, 5.74) is 2.41. The summed E-state index contributed by atoms with van der Waals surface area (Å²) in [6, 6.07) is 15.3. The molecule has 1 fully saturated rings. The normalized spacial score (nSPS) is 16.8. The highest BCUT2D eigenvalue weighted by Crippen LogP contribution is 2.30. The van der Waals surface area contributed by atoms with Crippen LogP contribution >= 0.6 is 15.9 Å². The number of hydrogen-bond donors (Lipinski definition) is 1. The van der Waals surface area contributed by atoms with Crippen molar-refractivity contribution in [2.45, 2.75) is 12.8 Å². The zero-order valence-electron chi connectivity index (χ0n) is 15.6. The third-order valence-corrected chi connectivity index (χ3v) is 5.45. The van der Waals surface area contributed by atoms with Crippen molar-refractivity contribution in [3.8, 4) is 5.88 Å². The zero-order valence-corrected chi connectivity index (χ0v) is 17.1. The number of nitrogens with one attached hydrogen (secondary N) is 1. The minimum Gasteiger partial charge on any atom is -0.478 e. The molecule has 1 aliphatic heterocycles. The first kappa shape index (κ1) is 18.7. The summed E-state index contributed by atoms with van der Waals surface area (Å²) >= 11 is 3.41. The van der Waals surface area contributed by atoms with Crippen molar-refractivity contribution < 1.29 is 9.53 Å². The molecule has 0 saturated carbocycles. The van der Waals surface area contributed by atoms with Crippen LogP contribution in [0.4, 0.5) is 11.5 Å². The van der Waals surface area contributed by atoms with Crippen LogP contribution in [0.5, 0.6) is 5.88 Å². The molecule has 1 aromatic heterocycles. The first-order valence-corrected chi connectivity index (χ1v) is 10.1. The second-order valence-electron chi connectivity index (χ2n) is 6.83. The number of rotatable bonds is 4. The molecule has 4 rings (SSSR count). The minimum atomic E-state index is -0.115. The van der Waals surface area contributed by atoms with E-state index in [9.17, 15) is 4.79 Å². The molecule has 28 heavy (non-hydrogen) atoms. The molecule has 0 aliphatic carbocycles. The van der Waals surface area contributed by atoms with Gasteiger partial charge in [0.15, 0.2) is 5.82 Å². The van der Waals surface area contributed by atoms with Crippen LogP contribution in [0.3, 0.4) is 0 Å². The molecule has 1 aliphatic rings.